The van der Waals surface area contributed by atoms with E-state index < -0.39 is 5.97 Å². The maximum Gasteiger partial charge on any atom is 0.337 e. The van der Waals surface area contributed by atoms with Crippen molar-refractivity contribution in [3.05, 3.63) is 52.1 Å². The molecule has 1 aliphatic rings. The number of rotatable bonds is 4. The van der Waals surface area contributed by atoms with Crippen LogP contribution < -0.4 is 0 Å². The van der Waals surface area contributed by atoms with E-state index in [9.17, 15) is 14.4 Å². The minimum absolute atomic E-state index is 0.188. The zero-order chi connectivity index (χ0) is 19.7. The highest BCUT2D eigenvalue weighted by molar-refractivity contribution is 8.18. The molecule has 1 aromatic heterocycles. The van der Waals surface area contributed by atoms with E-state index in [0.29, 0.717) is 22.0 Å². The fraction of sp³-hybridized carbons (Fsp3) is 0.250. The minimum Gasteiger partial charge on any atom is -0.465 e. The van der Waals surface area contributed by atoms with E-state index in [1.54, 1.807) is 50.3 Å². The van der Waals surface area contributed by atoms with Gasteiger partial charge in [0.1, 0.15) is 11.5 Å². The number of hydrogen-bond acceptors (Lipinski definition) is 6. The first-order chi connectivity index (χ1) is 12.8. The summed E-state index contributed by atoms with van der Waals surface area (Å²) in [5.74, 6) is 0.385. The van der Waals surface area contributed by atoms with Crippen molar-refractivity contribution in [3.63, 3.8) is 0 Å². The van der Waals surface area contributed by atoms with Crippen molar-refractivity contribution in [2.75, 3.05) is 7.11 Å². The van der Waals surface area contributed by atoms with Gasteiger partial charge in [-0.2, -0.15) is 0 Å². The number of benzene rings is 1. The van der Waals surface area contributed by atoms with Gasteiger partial charge in [-0.1, -0.05) is 6.07 Å². The zero-order valence-electron chi connectivity index (χ0n) is 15.4. The van der Waals surface area contributed by atoms with Crippen molar-refractivity contribution in [2.24, 2.45) is 0 Å². The Morgan fingerprint density at radius 2 is 1.96 bits per heavy atom. The molecule has 0 saturated carbocycles. The van der Waals surface area contributed by atoms with E-state index in [-0.39, 0.29) is 17.2 Å². The molecule has 0 N–H and O–H groups in total. The number of hydrogen-bond donors (Lipinski definition) is 0. The minimum atomic E-state index is -0.398. The number of esters is 1. The van der Waals surface area contributed by atoms with Crippen LogP contribution in [0.25, 0.3) is 17.4 Å². The topological polar surface area (TPSA) is 76.8 Å². The molecule has 6 nitrogen and oxygen atoms in total. The van der Waals surface area contributed by atoms with Crippen LogP contribution in [0.4, 0.5) is 4.79 Å². The van der Waals surface area contributed by atoms with E-state index in [4.69, 9.17) is 9.15 Å². The van der Waals surface area contributed by atoms with Crippen LogP contribution in [0, 0.1) is 6.92 Å². The molecule has 0 atom stereocenters. The Bertz CT molecular complexity index is 957. The first-order valence-electron chi connectivity index (χ1n) is 8.38. The Morgan fingerprint density at radius 3 is 2.56 bits per heavy atom. The lowest BCUT2D eigenvalue weighted by atomic mass is 10.0. The van der Waals surface area contributed by atoms with Gasteiger partial charge in [0.05, 0.1) is 17.6 Å². The van der Waals surface area contributed by atoms with E-state index in [2.05, 4.69) is 0 Å². The second kappa shape index (κ2) is 7.44. The predicted molar refractivity (Wildman–Crippen MR) is 103 cm³/mol. The lowest BCUT2D eigenvalue weighted by Gasteiger charge is -2.16. The van der Waals surface area contributed by atoms with Gasteiger partial charge in [0.15, 0.2) is 0 Å². The molecule has 3 rings (SSSR count). The van der Waals surface area contributed by atoms with Gasteiger partial charge in [-0.3, -0.25) is 14.5 Å². The Balaban J connectivity index is 1.87. The number of carbonyl (C=O) groups is 3. The van der Waals surface area contributed by atoms with Gasteiger partial charge in [0, 0.05) is 17.7 Å². The Kier molecular flexibility index (Phi) is 5.23. The summed E-state index contributed by atoms with van der Waals surface area (Å²) in [6, 6.07) is 8.54. The van der Waals surface area contributed by atoms with Gasteiger partial charge in [0.2, 0.25) is 0 Å². The SMILES string of the molecule is COC(=O)c1ccc(-c2ccc(/C=C3/SC(=O)N(C(C)C)C3=O)o2)c(C)c1. The quantitative estimate of drug-likeness (QED) is 0.570. The fourth-order valence-corrected chi connectivity index (χ4v) is 3.76. The highest BCUT2D eigenvalue weighted by Gasteiger charge is 2.36. The molecule has 140 valence electrons. The van der Waals surface area contributed by atoms with Crippen molar-refractivity contribution < 1.29 is 23.5 Å². The summed E-state index contributed by atoms with van der Waals surface area (Å²) in [7, 11) is 1.34. The lowest BCUT2D eigenvalue weighted by molar-refractivity contribution is -0.123. The Morgan fingerprint density at radius 1 is 1.22 bits per heavy atom. The summed E-state index contributed by atoms with van der Waals surface area (Å²) >= 11 is 0.908. The molecule has 27 heavy (non-hydrogen) atoms. The normalized spacial score (nSPS) is 15.9. The van der Waals surface area contributed by atoms with Crippen LogP contribution in [-0.2, 0) is 9.53 Å². The average Bonchev–Trinajstić information content (AvgIpc) is 3.18. The second-order valence-corrected chi connectivity index (χ2v) is 7.36. The molecule has 0 unspecified atom stereocenters. The van der Waals surface area contributed by atoms with E-state index in [1.807, 2.05) is 6.92 Å². The molecular formula is C20H19NO5S. The van der Waals surface area contributed by atoms with E-state index >= 15 is 0 Å². The molecule has 2 heterocycles. The Labute approximate surface area is 161 Å². The van der Waals surface area contributed by atoms with Crippen molar-refractivity contribution in [1.29, 1.82) is 0 Å². The van der Waals surface area contributed by atoms with Crippen LogP contribution in [0.5, 0.6) is 0 Å². The monoisotopic (exact) mass is 385 g/mol. The number of imide groups is 1. The molecule has 2 amide bonds. The van der Waals surface area contributed by atoms with Crippen LogP contribution >= 0.6 is 11.8 Å². The summed E-state index contributed by atoms with van der Waals surface area (Å²) < 4.78 is 10.6. The molecule has 1 aromatic carbocycles. The maximum atomic E-state index is 12.4. The van der Waals surface area contributed by atoms with Gasteiger partial charge >= 0.3 is 5.97 Å². The van der Waals surface area contributed by atoms with Crippen molar-refractivity contribution in [3.8, 4) is 11.3 Å². The molecule has 0 aliphatic carbocycles. The number of methoxy groups -OCH3 is 1. The van der Waals surface area contributed by atoms with Gasteiger partial charge < -0.3 is 9.15 Å². The van der Waals surface area contributed by atoms with Crippen LogP contribution in [0.3, 0.4) is 0 Å². The van der Waals surface area contributed by atoms with Gasteiger partial charge in [0.25, 0.3) is 11.1 Å². The molecule has 1 aliphatic heterocycles. The number of furan rings is 1. The first-order valence-corrected chi connectivity index (χ1v) is 9.19. The van der Waals surface area contributed by atoms with E-state index in [1.165, 1.54) is 12.0 Å². The first kappa shape index (κ1) is 19.0. The van der Waals surface area contributed by atoms with Crippen LogP contribution in [0.1, 0.15) is 35.5 Å². The highest BCUT2D eigenvalue weighted by atomic mass is 32.2. The van der Waals surface area contributed by atoms with Crippen LogP contribution in [-0.4, -0.2) is 35.2 Å². The summed E-state index contributed by atoms with van der Waals surface area (Å²) in [5.41, 5.74) is 2.16. The maximum absolute atomic E-state index is 12.4. The third-order valence-corrected chi connectivity index (χ3v) is 5.04. The van der Waals surface area contributed by atoms with Crippen molar-refractivity contribution >= 4 is 35.0 Å². The predicted octanol–water partition coefficient (Wildman–Crippen LogP) is 4.49. The van der Waals surface area contributed by atoms with Gasteiger partial charge in [-0.05, 0) is 62.4 Å². The number of carbonyl (C=O) groups excluding carboxylic acids is 3. The molecule has 0 bridgehead atoms. The summed E-state index contributed by atoms with van der Waals surface area (Å²) in [6.07, 6.45) is 1.58. The summed E-state index contributed by atoms with van der Waals surface area (Å²) in [5, 5.41) is -0.276. The van der Waals surface area contributed by atoms with E-state index in [0.717, 1.165) is 22.9 Å². The molecule has 1 saturated heterocycles. The second-order valence-electron chi connectivity index (χ2n) is 6.37. The zero-order valence-corrected chi connectivity index (χ0v) is 16.3. The fourth-order valence-electron chi connectivity index (χ4n) is 2.81. The molecule has 2 aromatic rings. The smallest absolute Gasteiger partial charge is 0.337 e. The van der Waals surface area contributed by atoms with Gasteiger partial charge in [-0.15, -0.1) is 0 Å². The van der Waals surface area contributed by atoms with Crippen molar-refractivity contribution in [1.82, 2.24) is 4.90 Å². The standard InChI is InChI=1S/C20H19NO5S/c1-11(2)21-18(22)17(27-20(21)24)10-14-6-8-16(26-14)15-7-5-13(9-12(15)3)19(23)25-4/h5-11H,1-4H3/b17-10+. The average molecular weight is 385 g/mol. The molecule has 0 spiro atoms. The largest absolute Gasteiger partial charge is 0.465 e. The molecular weight excluding hydrogens is 366 g/mol. The number of aryl methyl sites for hydroxylation is 1. The number of amides is 2. The van der Waals surface area contributed by atoms with Crippen LogP contribution in [0.15, 0.2) is 39.7 Å². The third kappa shape index (κ3) is 3.68. The van der Waals surface area contributed by atoms with Crippen LogP contribution in [0.2, 0.25) is 0 Å². The molecule has 1 fully saturated rings. The molecule has 0 radical (unpaired) electrons. The van der Waals surface area contributed by atoms with Gasteiger partial charge in [-0.25, -0.2) is 4.79 Å². The Hall–Kier alpha value is -2.80. The number of ether oxygens (including phenoxy) is 1. The number of nitrogens with zero attached hydrogens (tertiary/aromatic N) is 1. The summed E-state index contributed by atoms with van der Waals surface area (Å²) in [4.78, 5) is 37.5. The highest BCUT2D eigenvalue weighted by Crippen LogP contribution is 2.34. The third-order valence-electron chi connectivity index (χ3n) is 4.15. The molecule has 7 heteroatoms. The number of thioether (sulfide) groups is 1. The lowest BCUT2D eigenvalue weighted by Crippen LogP contribution is -2.34. The van der Waals surface area contributed by atoms with Crippen molar-refractivity contribution in [2.45, 2.75) is 26.8 Å². The summed E-state index contributed by atoms with van der Waals surface area (Å²) in [6.45, 7) is 5.47.